The number of carbonyl (C=O) groups is 4. The van der Waals surface area contributed by atoms with E-state index in [1.165, 1.54) is 21.9 Å². The van der Waals surface area contributed by atoms with Crippen LogP contribution in [0.25, 0.3) is 0 Å². The van der Waals surface area contributed by atoms with Crippen molar-refractivity contribution in [3.63, 3.8) is 0 Å². The predicted molar refractivity (Wildman–Crippen MR) is 116 cm³/mol. The van der Waals surface area contributed by atoms with Gasteiger partial charge < -0.3 is 14.9 Å². The second-order valence-corrected chi connectivity index (χ2v) is 7.65. The first-order valence-corrected chi connectivity index (χ1v) is 10.5. The van der Waals surface area contributed by atoms with Crippen molar-refractivity contribution in [2.75, 3.05) is 24.5 Å². The molecule has 1 heterocycles. The van der Waals surface area contributed by atoms with Gasteiger partial charge in [0.15, 0.2) is 5.78 Å². The monoisotopic (exact) mass is 440 g/mol. The maximum absolute atomic E-state index is 14.4. The quantitative estimate of drug-likeness (QED) is 0.604. The number of ketones is 1. The van der Waals surface area contributed by atoms with Crippen LogP contribution in [0.2, 0.25) is 0 Å². The lowest BCUT2D eigenvalue weighted by Gasteiger charge is -2.28. The largest absolute Gasteiger partial charge is 0.478 e. The van der Waals surface area contributed by atoms with Crippen LogP contribution in [0, 0.1) is 5.82 Å². The van der Waals surface area contributed by atoms with Gasteiger partial charge in [0, 0.05) is 25.2 Å². The number of rotatable bonds is 9. The van der Waals surface area contributed by atoms with Gasteiger partial charge in [-0.2, -0.15) is 0 Å². The molecule has 3 rings (SSSR count). The van der Waals surface area contributed by atoms with E-state index in [1.807, 2.05) is 6.92 Å². The summed E-state index contributed by atoms with van der Waals surface area (Å²) in [7, 11) is 0. The van der Waals surface area contributed by atoms with E-state index in [-0.39, 0.29) is 24.6 Å². The summed E-state index contributed by atoms with van der Waals surface area (Å²) in [5.74, 6) is -5.65. The predicted octanol–water partition coefficient (Wildman–Crippen LogP) is 3.24. The SMILES string of the molecule is CCCN(C(=O)C(C(=O)CN1CCCC1=O)c1cccc(F)c1C(=O)O)c1ccccc1. The Balaban J connectivity index is 2.08. The summed E-state index contributed by atoms with van der Waals surface area (Å²) in [6.45, 7) is 2.21. The molecule has 0 aromatic heterocycles. The molecular formula is C24H25FN2O5. The van der Waals surface area contributed by atoms with Gasteiger partial charge in [-0.15, -0.1) is 0 Å². The highest BCUT2D eigenvalue weighted by Gasteiger charge is 2.38. The van der Waals surface area contributed by atoms with Crippen LogP contribution in [0.1, 0.15) is 48.0 Å². The fraction of sp³-hybridized carbons (Fsp3) is 0.333. The van der Waals surface area contributed by atoms with Crippen LogP contribution in [0.3, 0.4) is 0 Å². The molecule has 0 bridgehead atoms. The first-order valence-electron chi connectivity index (χ1n) is 10.5. The van der Waals surface area contributed by atoms with Crippen molar-refractivity contribution in [1.29, 1.82) is 0 Å². The molecule has 1 N–H and O–H groups in total. The van der Waals surface area contributed by atoms with Crippen LogP contribution >= 0.6 is 0 Å². The molecule has 0 radical (unpaired) electrons. The first-order chi connectivity index (χ1) is 15.3. The number of carboxylic acid groups (broad SMARTS) is 1. The first kappa shape index (κ1) is 23.1. The van der Waals surface area contributed by atoms with Crippen molar-refractivity contribution in [3.05, 3.63) is 65.5 Å². The van der Waals surface area contributed by atoms with Crippen LogP contribution in [0.4, 0.5) is 10.1 Å². The number of halogens is 1. The third-order valence-corrected chi connectivity index (χ3v) is 5.44. The lowest BCUT2D eigenvalue weighted by Crippen LogP contribution is -2.43. The van der Waals surface area contributed by atoms with E-state index in [2.05, 4.69) is 0 Å². The smallest absolute Gasteiger partial charge is 0.339 e. The Kier molecular flexibility index (Phi) is 7.35. The zero-order valence-corrected chi connectivity index (χ0v) is 17.8. The Morgan fingerprint density at radius 1 is 1.12 bits per heavy atom. The van der Waals surface area contributed by atoms with Gasteiger partial charge in [0.05, 0.1) is 12.1 Å². The number of para-hydroxylation sites is 1. The molecule has 0 spiro atoms. The van der Waals surface area contributed by atoms with Crippen molar-refractivity contribution in [2.24, 2.45) is 0 Å². The highest BCUT2D eigenvalue weighted by Crippen LogP contribution is 2.29. The number of anilines is 1. The standard InChI is InChI=1S/C24H25FN2O5/c1-2-13-27(16-8-4-3-5-9-16)23(30)22(19(28)15-26-14-7-12-20(26)29)17-10-6-11-18(25)21(17)24(31)32/h3-6,8-11,22H,2,7,12-15H2,1H3,(H,31,32). The number of amides is 2. The van der Waals surface area contributed by atoms with Crippen molar-refractivity contribution in [3.8, 4) is 0 Å². The molecule has 1 aliphatic rings. The summed E-state index contributed by atoms with van der Waals surface area (Å²) >= 11 is 0. The molecule has 8 heteroatoms. The van der Waals surface area contributed by atoms with E-state index in [4.69, 9.17) is 0 Å². The number of nitrogens with zero attached hydrogens (tertiary/aromatic N) is 2. The highest BCUT2D eigenvalue weighted by molar-refractivity contribution is 6.15. The second kappa shape index (κ2) is 10.2. The zero-order chi connectivity index (χ0) is 23.3. The molecule has 0 saturated carbocycles. The van der Waals surface area contributed by atoms with Crippen molar-refractivity contribution in [2.45, 2.75) is 32.1 Å². The lowest BCUT2D eigenvalue weighted by molar-refractivity contribution is -0.135. The fourth-order valence-electron chi connectivity index (χ4n) is 3.96. The number of carboxylic acids is 1. The lowest BCUT2D eigenvalue weighted by atomic mass is 9.88. The van der Waals surface area contributed by atoms with Gasteiger partial charge in [-0.3, -0.25) is 14.4 Å². The molecule has 2 aromatic rings. The van der Waals surface area contributed by atoms with Gasteiger partial charge in [-0.1, -0.05) is 37.3 Å². The molecule has 0 aliphatic carbocycles. The number of Topliss-reactive ketones (excluding diaryl/α,β-unsaturated/α-hetero) is 1. The van der Waals surface area contributed by atoms with Crippen LogP contribution < -0.4 is 4.90 Å². The molecule has 1 saturated heterocycles. The molecule has 2 aromatic carbocycles. The highest BCUT2D eigenvalue weighted by atomic mass is 19.1. The minimum absolute atomic E-state index is 0.198. The molecule has 1 atom stereocenters. The molecule has 1 fully saturated rings. The molecule has 1 aliphatic heterocycles. The van der Waals surface area contributed by atoms with Gasteiger partial charge >= 0.3 is 5.97 Å². The third kappa shape index (κ3) is 4.85. The van der Waals surface area contributed by atoms with Crippen LogP contribution in [0.5, 0.6) is 0 Å². The number of likely N-dealkylation sites (tertiary alicyclic amines) is 1. The normalized spacial score (nSPS) is 14.3. The minimum Gasteiger partial charge on any atom is -0.478 e. The second-order valence-electron chi connectivity index (χ2n) is 7.65. The van der Waals surface area contributed by atoms with E-state index in [0.717, 1.165) is 6.07 Å². The molecule has 7 nitrogen and oxygen atoms in total. The third-order valence-electron chi connectivity index (χ3n) is 5.44. The van der Waals surface area contributed by atoms with Crippen molar-refractivity contribution in [1.82, 2.24) is 4.90 Å². The van der Waals surface area contributed by atoms with Gasteiger partial charge in [0.2, 0.25) is 11.8 Å². The van der Waals surface area contributed by atoms with Gasteiger partial charge in [-0.25, -0.2) is 9.18 Å². The summed E-state index contributed by atoms with van der Waals surface area (Å²) < 4.78 is 14.4. The van der Waals surface area contributed by atoms with Crippen LogP contribution in [0.15, 0.2) is 48.5 Å². The molecular weight excluding hydrogens is 415 g/mol. The van der Waals surface area contributed by atoms with Crippen LogP contribution in [-0.2, 0) is 14.4 Å². The average molecular weight is 440 g/mol. The zero-order valence-electron chi connectivity index (χ0n) is 17.8. The Bertz CT molecular complexity index is 1020. The van der Waals surface area contributed by atoms with Crippen molar-refractivity contribution < 1.29 is 28.7 Å². The summed E-state index contributed by atoms with van der Waals surface area (Å²) in [5.41, 5.74) is -0.379. The Morgan fingerprint density at radius 3 is 2.44 bits per heavy atom. The summed E-state index contributed by atoms with van der Waals surface area (Å²) in [6, 6.07) is 12.2. The summed E-state index contributed by atoms with van der Waals surface area (Å²) in [5, 5.41) is 9.60. The number of hydrogen-bond acceptors (Lipinski definition) is 4. The van der Waals surface area contributed by atoms with Crippen molar-refractivity contribution >= 4 is 29.3 Å². The maximum Gasteiger partial charge on any atom is 0.339 e. The number of carbonyl (C=O) groups excluding carboxylic acids is 3. The van der Waals surface area contributed by atoms with E-state index in [9.17, 15) is 28.7 Å². The topological polar surface area (TPSA) is 95.0 Å². The van der Waals surface area contributed by atoms with E-state index in [0.29, 0.717) is 31.5 Å². The van der Waals surface area contributed by atoms with Gasteiger partial charge in [0.1, 0.15) is 11.7 Å². The molecule has 1 unspecified atom stereocenters. The Labute approximate surface area is 185 Å². The molecule has 168 valence electrons. The molecule has 32 heavy (non-hydrogen) atoms. The molecule has 2 amide bonds. The Morgan fingerprint density at radius 2 is 1.84 bits per heavy atom. The van der Waals surface area contributed by atoms with Gasteiger partial charge in [0.25, 0.3) is 0 Å². The minimum atomic E-state index is -1.57. The number of aromatic carboxylic acids is 1. The van der Waals surface area contributed by atoms with E-state index in [1.54, 1.807) is 30.3 Å². The average Bonchev–Trinajstić information content (AvgIpc) is 3.16. The maximum atomic E-state index is 14.4. The number of hydrogen-bond donors (Lipinski definition) is 1. The number of benzene rings is 2. The van der Waals surface area contributed by atoms with E-state index < -0.39 is 35.0 Å². The van der Waals surface area contributed by atoms with Gasteiger partial charge in [-0.05, 0) is 36.6 Å². The fourth-order valence-corrected chi connectivity index (χ4v) is 3.96. The Hall–Kier alpha value is -3.55. The summed E-state index contributed by atoms with van der Waals surface area (Å²) in [4.78, 5) is 53.7. The summed E-state index contributed by atoms with van der Waals surface area (Å²) in [6.07, 6.45) is 1.51. The van der Waals surface area contributed by atoms with E-state index >= 15 is 0 Å². The van der Waals surface area contributed by atoms with Crippen LogP contribution in [-0.4, -0.2) is 53.2 Å².